The Hall–Kier alpha value is -0.870. The smallest absolute Gasteiger partial charge is 0.243 e. The number of aliphatic imine (C=N–C) groups is 1. The Balaban J connectivity index is 0.00000272. The largest absolute Gasteiger partial charge is 0.357 e. The molecule has 1 N–H and O–H groups in total. The van der Waals surface area contributed by atoms with Crippen molar-refractivity contribution in [3.05, 3.63) is 30.3 Å². The number of halogens is 1. The molecule has 3 fully saturated rings. The summed E-state index contributed by atoms with van der Waals surface area (Å²) in [5.74, 6) is 1.50. The second kappa shape index (κ2) is 10.8. The number of benzene rings is 1. The molecule has 3 aliphatic rings. The Morgan fingerprint density at radius 3 is 2.42 bits per heavy atom. The number of hydrogen-bond acceptors (Lipinski definition) is 3. The van der Waals surface area contributed by atoms with Crippen molar-refractivity contribution in [2.24, 2.45) is 16.3 Å². The van der Waals surface area contributed by atoms with E-state index in [1.807, 2.05) is 6.07 Å². The molecule has 2 heterocycles. The zero-order chi connectivity index (χ0) is 21.0. The van der Waals surface area contributed by atoms with Crippen molar-refractivity contribution in [2.45, 2.75) is 56.8 Å². The van der Waals surface area contributed by atoms with Gasteiger partial charge in [-0.05, 0) is 62.5 Å². The molecule has 4 rings (SSSR count). The fourth-order valence-corrected chi connectivity index (χ4v) is 6.85. The van der Waals surface area contributed by atoms with E-state index in [1.54, 1.807) is 28.6 Å². The molecule has 0 unspecified atom stereocenters. The summed E-state index contributed by atoms with van der Waals surface area (Å²) in [6.45, 7) is 7.22. The summed E-state index contributed by atoms with van der Waals surface area (Å²) < 4.78 is 27.3. The number of hydrogen-bond donors (Lipinski definition) is 1. The zero-order valence-electron chi connectivity index (χ0n) is 18.6. The van der Waals surface area contributed by atoms with Gasteiger partial charge in [-0.15, -0.1) is 24.0 Å². The fraction of sp³-hybridized carbons (Fsp3) is 0.696. The third-order valence-electron chi connectivity index (χ3n) is 7.19. The van der Waals surface area contributed by atoms with Crippen LogP contribution in [0.1, 0.15) is 51.9 Å². The lowest BCUT2D eigenvalue weighted by Gasteiger charge is -2.31. The van der Waals surface area contributed by atoms with Crippen LogP contribution in [0.15, 0.2) is 40.2 Å². The van der Waals surface area contributed by atoms with Gasteiger partial charge < -0.3 is 10.2 Å². The van der Waals surface area contributed by atoms with Gasteiger partial charge in [-0.3, -0.25) is 4.99 Å². The minimum atomic E-state index is -3.37. The van der Waals surface area contributed by atoms with Crippen LogP contribution in [0.3, 0.4) is 0 Å². The molecule has 31 heavy (non-hydrogen) atoms. The zero-order valence-corrected chi connectivity index (χ0v) is 21.8. The minimum absolute atomic E-state index is 0. The van der Waals surface area contributed by atoms with Gasteiger partial charge in [0.15, 0.2) is 5.96 Å². The molecule has 174 valence electrons. The van der Waals surface area contributed by atoms with Crippen molar-refractivity contribution in [3.63, 3.8) is 0 Å². The second-order valence-electron chi connectivity index (χ2n) is 9.23. The molecule has 0 radical (unpaired) electrons. The maximum atomic E-state index is 12.8. The normalized spacial score (nSPS) is 22.6. The standard InChI is InChI=1S/C23H36N4O2S.HI/c1-2-24-22(26-17-14-23(19-26)12-6-7-13-23)25-18-20-10-15-27(16-11-20)30(28,29)21-8-4-3-5-9-21;/h3-5,8-9,20H,2,6-7,10-19H2,1H3,(H,24,25);1H. The Kier molecular flexibility index (Phi) is 8.65. The third-order valence-corrected chi connectivity index (χ3v) is 9.10. The van der Waals surface area contributed by atoms with Crippen molar-refractivity contribution in [1.82, 2.24) is 14.5 Å². The molecule has 1 aliphatic carbocycles. The summed E-state index contributed by atoms with van der Waals surface area (Å²) in [7, 11) is -3.37. The lowest BCUT2D eigenvalue weighted by atomic mass is 9.86. The first-order valence-corrected chi connectivity index (χ1v) is 13.0. The summed E-state index contributed by atoms with van der Waals surface area (Å²) in [6, 6.07) is 8.78. The number of nitrogens with one attached hydrogen (secondary N) is 1. The molecular formula is C23H37IN4O2S. The van der Waals surface area contributed by atoms with E-state index in [0.29, 0.717) is 29.3 Å². The SMILES string of the molecule is CCNC(=NCC1CCN(S(=O)(=O)c2ccccc2)CC1)N1CCC2(CCCC2)C1.I. The van der Waals surface area contributed by atoms with E-state index >= 15 is 0 Å². The maximum Gasteiger partial charge on any atom is 0.243 e. The minimum Gasteiger partial charge on any atom is -0.357 e. The van der Waals surface area contributed by atoms with Crippen LogP contribution in [0, 0.1) is 11.3 Å². The highest BCUT2D eigenvalue weighted by atomic mass is 127. The van der Waals surface area contributed by atoms with Gasteiger partial charge >= 0.3 is 0 Å². The summed E-state index contributed by atoms with van der Waals surface area (Å²) in [5, 5.41) is 3.49. The molecule has 1 aromatic rings. The molecule has 1 spiro atoms. The van der Waals surface area contributed by atoms with Gasteiger partial charge in [-0.1, -0.05) is 31.0 Å². The van der Waals surface area contributed by atoms with E-state index < -0.39 is 10.0 Å². The summed E-state index contributed by atoms with van der Waals surface area (Å²) in [5.41, 5.74) is 0.535. The van der Waals surface area contributed by atoms with E-state index in [1.165, 1.54) is 32.1 Å². The van der Waals surface area contributed by atoms with E-state index in [4.69, 9.17) is 4.99 Å². The van der Waals surface area contributed by atoms with Crippen LogP contribution in [0.25, 0.3) is 0 Å². The number of nitrogens with zero attached hydrogens (tertiary/aromatic N) is 3. The van der Waals surface area contributed by atoms with Gasteiger partial charge in [0.25, 0.3) is 0 Å². The molecular weight excluding hydrogens is 523 g/mol. The van der Waals surface area contributed by atoms with E-state index in [-0.39, 0.29) is 24.0 Å². The third kappa shape index (κ3) is 5.74. The van der Waals surface area contributed by atoms with Gasteiger partial charge in [-0.25, -0.2) is 8.42 Å². The van der Waals surface area contributed by atoms with Gasteiger partial charge in [-0.2, -0.15) is 4.31 Å². The molecule has 0 aromatic heterocycles. The van der Waals surface area contributed by atoms with Crippen LogP contribution in [-0.2, 0) is 10.0 Å². The Morgan fingerprint density at radius 1 is 1.10 bits per heavy atom. The van der Waals surface area contributed by atoms with Crippen molar-refractivity contribution >= 4 is 40.0 Å². The molecule has 2 saturated heterocycles. The highest BCUT2D eigenvalue weighted by molar-refractivity contribution is 14.0. The van der Waals surface area contributed by atoms with Crippen molar-refractivity contribution in [1.29, 1.82) is 0 Å². The highest BCUT2D eigenvalue weighted by Crippen LogP contribution is 2.45. The van der Waals surface area contributed by atoms with Crippen molar-refractivity contribution < 1.29 is 8.42 Å². The van der Waals surface area contributed by atoms with E-state index in [9.17, 15) is 8.42 Å². The molecule has 0 atom stereocenters. The lowest BCUT2D eigenvalue weighted by molar-refractivity contribution is 0.277. The second-order valence-corrected chi connectivity index (χ2v) is 11.2. The van der Waals surface area contributed by atoms with E-state index in [0.717, 1.165) is 45.0 Å². The van der Waals surface area contributed by atoms with Gasteiger partial charge in [0.2, 0.25) is 10.0 Å². The van der Waals surface area contributed by atoms with Crippen molar-refractivity contribution in [3.8, 4) is 0 Å². The van der Waals surface area contributed by atoms with Gasteiger partial charge in [0, 0.05) is 39.3 Å². The summed E-state index contributed by atoms with van der Waals surface area (Å²) in [6.07, 6.45) is 8.55. The van der Waals surface area contributed by atoms with Crippen LogP contribution in [0.2, 0.25) is 0 Å². The van der Waals surface area contributed by atoms with Gasteiger partial charge in [0.1, 0.15) is 0 Å². The van der Waals surface area contributed by atoms with E-state index in [2.05, 4.69) is 17.1 Å². The molecule has 1 saturated carbocycles. The first-order chi connectivity index (χ1) is 14.5. The first kappa shape index (κ1) is 24.8. The first-order valence-electron chi connectivity index (χ1n) is 11.6. The average molecular weight is 561 g/mol. The molecule has 0 amide bonds. The van der Waals surface area contributed by atoms with Crippen LogP contribution in [0.5, 0.6) is 0 Å². The predicted octanol–water partition coefficient (Wildman–Crippen LogP) is 3.94. The van der Waals surface area contributed by atoms with Crippen LogP contribution < -0.4 is 5.32 Å². The highest BCUT2D eigenvalue weighted by Gasteiger charge is 2.41. The molecule has 6 nitrogen and oxygen atoms in total. The fourth-order valence-electron chi connectivity index (χ4n) is 5.36. The quantitative estimate of drug-likeness (QED) is 0.337. The van der Waals surface area contributed by atoms with Crippen LogP contribution in [-0.4, -0.2) is 62.9 Å². The number of likely N-dealkylation sites (tertiary alicyclic amines) is 1. The van der Waals surface area contributed by atoms with Crippen LogP contribution in [0.4, 0.5) is 0 Å². The average Bonchev–Trinajstić information content (AvgIpc) is 3.42. The Morgan fingerprint density at radius 2 is 1.77 bits per heavy atom. The summed E-state index contributed by atoms with van der Waals surface area (Å²) >= 11 is 0. The maximum absolute atomic E-state index is 12.8. The molecule has 0 bridgehead atoms. The number of sulfonamides is 1. The number of guanidine groups is 1. The monoisotopic (exact) mass is 560 g/mol. The number of rotatable bonds is 5. The van der Waals surface area contributed by atoms with Crippen LogP contribution >= 0.6 is 24.0 Å². The summed E-state index contributed by atoms with van der Waals surface area (Å²) in [4.78, 5) is 7.84. The Bertz CT molecular complexity index is 832. The molecule has 2 aliphatic heterocycles. The molecule has 8 heteroatoms. The molecule has 1 aromatic carbocycles. The lowest BCUT2D eigenvalue weighted by Crippen LogP contribution is -2.42. The Labute approximate surface area is 204 Å². The topological polar surface area (TPSA) is 65.0 Å². The predicted molar refractivity (Wildman–Crippen MR) is 136 cm³/mol. The van der Waals surface area contributed by atoms with Gasteiger partial charge in [0.05, 0.1) is 4.90 Å². The number of piperidine rings is 1. The van der Waals surface area contributed by atoms with Crippen molar-refractivity contribution in [2.75, 3.05) is 39.3 Å².